The van der Waals surface area contributed by atoms with E-state index in [1.807, 2.05) is 0 Å². The van der Waals surface area contributed by atoms with Crippen molar-refractivity contribution in [2.45, 2.75) is 52.2 Å². The van der Waals surface area contributed by atoms with Crippen molar-refractivity contribution in [3.8, 4) is 6.07 Å². The van der Waals surface area contributed by atoms with Crippen LogP contribution in [0.2, 0.25) is 0 Å². The fourth-order valence-electron chi connectivity index (χ4n) is 1.04. The van der Waals surface area contributed by atoms with Crippen molar-refractivity contribution < 1.29 is 4.74 Å². The lowest BCUT2D eigenvalue weighted by Crippen LogP contribution is -2.29. The van der Waals surface area contributed by atoms with Gasteiger partial charge in [-0.15, -0.1) is 0 Å². The largest absolute Gasteiger partial charge is 0.378 e. The van der Waals surface area contributed by atoms with Crippen molar-refractivity contribution in [1.82, 2.24) is 5.32 Å². The highest BCUT2D eigenvalue weighted by Gasteiger charge is 2.06. The van der Waals surface area contributed by atoms with Crippen LogP contribution in [0.15, 0.2) is 0 Å². The highest BCUT2D eigenvalue weighted by Crippen LogP contribution is 1.99. The highest BCUT2D eigenvalue weighted by atomic mass is 16.5. The lowest BCUT2D eigenvalue weighted by Gasteiger charge is -2.13. The van der Waals surface area contributed by atoms with E-state index in [1.54, 1.807) is 0 Å². The fourth-order valence-corrected chi connectivity index (χ4v) is 1.04. The number of nitriles is 1. The Labute approximate surface area is 87.4 Å². The molecule has 82 valence electrons. The second-order valence-electron chi connectivity index (χ2n) is 3.51. The van der Waals surface area contributed by atoms with Crippen LogP contribution in [0.3, 0.4) is 0 Å². The van der Waals surface area contributed by atoms with Crippen LogP contribution in [0, 0.1) is 11.3 Å². The van der Waals surface area contributed by atoms with Crippen molar-refractivity contribution in [1.29, 1.82) is 5.26 Å². The molecule has 2 unspecified atom stereocenters. The quantitative estimate of drug-likeness (QED) is 0.649. The molecule has 2 atom stereocenters. The fraction of sp³-hybridized carbons (Fsp3) is 0.909. The molecule has 0 aromatic rings. The van der Waals surface area contributed by atoms with Gasteiger partial charge in [-0.2, -0.15) is 5.26 Å². The first kappa shape index (κ1) is 13.4. The predicted octanol–water partition coefficient (Wildman–Crippen LogP) is 2.08. The van der Waals surface area contributed by atoms with Gasteiger partial charge in [0, 0.05) is 6.61 Å². The van der Waals surface area contributed by atoms with Crippen LogP contribution in [-0.4, -0.2) is 25.3 Å². The van der Waals surface area contributed by atoms with E-state index in [-0.39, 0.29) is 6.04 Å². The summed E-state index contributed by atoms with van der Waals surface area (Å²) >= 11 is 0. The van der Waals surface area contributed by atoms with Gasteiger partial charge < -0.3 is 10.1 Å². The van der Waals surface area contributed by atoms with Crippen LogP contribution in [0.4, 0.5) is 0 Å². The number of ether oxygens (including phenoxy) is 1. The third-order valence-corrected chi connectivity index (χ3v) is 2.18. The lowest BCUT2D eigenvalue weighted by atomic mass is 10.2. The molecule has 0 aromatic heterocycles. The average Bonchev–Trinajstić information content (AvgIpc) is 2.22. The third-order valence-electron chi connectivity index (χ3n) is 2.18. The smallest absolute Gasteiger partial charge is 0.0975 e. The summed E-state index contributed by atoms with van der Waals surface area (Å²) in [6.45, 7) is 7.82. The SMILES string of the molecule is CCCNC(C#N)CCOC(C)CC. The van der Waals surface area contributed by atoms with Gasteiger partial charge in [-0.1, -0.05) is 13.8 Å². The Morgan fingerprint density at radius 1 is 1.43 bits per heavy atom. The minimum Gasteiger partial charge on any atom is -0.378 e. The summed E-state index contributed by atoms with van der Waals surface area (Å²) in [6.07, 6.45) is 3.17. The van der Waals surface area contributed by atoms with E-state index in [4.69, 9.17) is 10.00 Å². The maximum absolute atomic E-state index is 8.81. The maximum Gasteiger partial charge on any atom is 0.0975 e. The second kappa shape index (κ2) is 8.98. The van der Waals surface area contributed by atoms with E-state index in [0.717, 1.165) is 25.8 Å². The van der Waals surface area contributed by atoms with Crippen molar-refractivity contribution in [3.05, 3.63) is 0 Å². The minimum atomic E-state index is -0.0565. The van der Waals surface area contributed by atoms with Gasteiger partial charge in [0.2, 0.25) is 0 Å². The molecule has 0 aliphatic heterocycles. The summed E-state index contributed by atoms with van der Waals surface area (Å²) in [5.41, 5.74) is 0. The van der Waals surface area contributed by atoms with Crippen LogP contribution in [-0.2, 0) is 4.74 Å². The van der Waals surface area contributed by atoms with Gasteiger partial charge in [-0.25, -0.2) is 0 Å². The monoisotopic (exact) mass is 198 g/mol. The Balaban J connectivity index is 3.48. The zero-order valence-corrected chi connectivity index (χ0v) is 9.55. The van der Waals surface area contributed by atoms with Crippen LogP contribution < -0.4 is 5.32 Å². The number of rotatable bonds is 8. The van der Waals surface area contributed by atoms with Gasteiger partial charge in [-0.3, -0.25) is 0 Å². The first-order valence-electron chi connectivity index (χ1n) is 5.49. The van der Waals surface area contributed by atoms with Crippen molar-refractivity contribution in [2.24, 2.45) is 0 Å². The molecule has 0 saturated heterocycles. The number of hydrogen-bond donors (Lipinski definition) is 1. The molecule has 3 heteroatoms. The van der Waals surface area contributed by atoms with Crippen molar-refractivity contribution in [3.63, 3.8) is 0 Å². The number of nitrogens with one attached hydrogen (secondary N) is 1. The molecule has 0 heterocycles. The molecule has 0 amide bonds. The Bertz CT molecular complexity index is 165. The molecule has 0 saturated carbocycles. The third kappa shape index (κ3) is 6.88. The molecule has 0 rings (SSSR count). The van der Waals surface area contributed by atoms with Crippen molar-refractivity contribution >= 4 is 0 Å². The van der Waals surface area contributed by atoms with Crippen LogP contribution in [0.25, 0.3) is 0 Å². The standard InChI is InChI=1S/C11H22N2O/c1-4-7-13-11(9-12)6-8-14-10(3)5-2/h10-11,13H,4-8H2,1-3H3. The summed E-state index contributed by atoms with van der Waals surface area (Å²) in [5.74, 6) is 0. The molecule has 3 nitrogen and oxygen atoms in total. The average molecular weight is 198 g/mol. The summed E-state index contributed by atoms with van der Waals surface area (Å²) < 4.78 is 5.51. The van der Waals surface area contributed by atoms with Gasteiger partial charge in [0.1, 0.15) is 0 Å². The maximum atomic E-state index is 8.81. The molecule has 0 bridgehead atoms. The van der Waals surface area contributed by atoms with Crippen LogP contribution in [0.1, 0.15) is 40.0 Å². The summed E-state index contributed by atoms with van der Waals surface area (Å²) in [4.78, 5) is 0. The van der Waals surface area contributed by atoms with E-state index in [2.05, 4.69) is 32.2 Å². The highest BCUT2D eigenvalue weighted by molar-refractivity contribution is 4.89. The Morgan fingerprint density at radius 2 is 2.14 bits per heavy atom. The van der Waals surface area contributed by atoms with E-state index in [1.165, 1.54) is 0 Å². The van der Waals surface area contributed by atoms with Crippen molar-refractivity contribution in [2.75, 3.05) is 13.2 Å². The molecule has 0 aliphatic rings. The first-order chi connectivity index (χ1) is 6.74. The van der Waals surface area contributed by atoms with Gasteiger partial charge in [0.25, 0.3) is 0 Å². The normalized spacial score (nSPS) is 14.7. The van der Waals surface area contributed by atoms with Gasteiger partial charge in [0.15, 0.2) is 0 Å². The summed E-state index contributed by atoms with van der Waals surface area (Å²) in [5, 5.41) is 12.0. The minimum absolute atomic E-state index is 0.0565. The molecule has 1 N–H and O–H groups in total. The van der Waals surface area contributed by atoms with Gasteiger partial charge >= 0.3 is 0 Å². The summed E-state index contributed by atoms with van der Waals surface area (Å²) in [7, 11) is 0. The van der Waals surface area contributed by atoms with Crippen LogP contribution in [0.5, 0.6) is 0 Å². The van der Waals surface area contributed by atoms with E-state index < -0.39 is 0 Å². The Hall–Kier alpha value is -0.590. The molecule has 0 aliphatic carbocycles. The molecule has 0 fully saturated rings. The molecule has 0 spiro atoms. The first-order valence-corrected chi connectivity index (χ1v) is 5.49. The summed E-state index contributed by atoms with van der Waals surface area (Å²) in [6, 6.07) is 2.18. The number of hydrogen-bond acceptors (Lipinski definition) is 3. The molecule has 0 radical (unpaired) electrons. The Kier molecular flexibility index (Phi) is 8.61. The zero-order chi connectivity index (χ0) is 10.8. The lowest BCUT2D eigenvalue weighted by molar-refractivity contribution is 0.0595. The van der Waals surface area contributed by atoms with E-state index in [0.29, 0.717) is 12.7 Å². The molecule has 0 aromatic carbocycles. The van der Waals surface area contributed by atoms with E-state index in [9.17, 15) is 0 Å². The number of nitrogens with zero attached hydrogens (tertiary/aromatic N) is 1. The molecular weight excluding hydrogens is 176 g/mol. The topological polar surface area (TPSA) is 45.0 Å². The molecular formula is C11H22N2O. The predicted molar refractivity (Wildman–Crippen MR) is 58.0 cm³/mol. The molecule has 14 heavy (non-hydrogen) atoms. The van der Waals surface area contributed by atoms with Crippen LogP contribution >= 0.6 is 0 Å². The van der Waals surface area contributed by atoms with Gasteiger partial charge in [-0.05, 0) is 32.7 Å². The van der Waals surface area contributed by atoms with E-state index >= 15 is 0 Å². The Morgan fingerprint density at radius 3 is 2.64 bits per heavy atom. The second-order valence-corrected chi connectivity index (χ2v) is 3.51. The van der Waals surface area contributed by atoms with Gasteiger partial charge in [0.05, 0.1) is 18.2 Å². The zero-order valence-electron chi connectivity index (χ0n) is 9.55.